The number of rotatable bonds is 5. The van der Waals surface area contributed by atoms with Gasteiger partial charge < -0.3 is 5.73 Å². The van der Waals surface area contributed by atoms with E-state index in [-0.39, 0.29) is 0 Å². The highest BCUT2D eigenvalue weighted by molar-refractivity contribution is 9.10. The molecule has 0 amide bonds. The Balaban J connectivity index is 2.05. The molecule has 2 heterocycles. The second-order valence-electron chi connectivity index (χ2n) is 5.63. The van der Waals surface area contributed by atoms with Crippen molar-refractivity contribution in [3.05, 3.63) is 20.8 Å². The summed E-state index contributed by atoms with van der Waals surface area (Å²) in [5.41, 5.74) is 6.63. The molecule has 1 aliphatic rings. The highest BCUT2D eigenvalue weighted by Crippen LogP contribution is 2.41. The molecule has 1 aromatic heterocycles. The van der Waals surface area contributed by atoms with Crippen LogP contribution in [0.15, 0.2) is 15.9 Å². The standard InChI is InChI=1S/C15H25BrN2S/c1-3-15(4-2)6-8-18(9-7-15)13(11-17)14-12(16)5-10-19-14/h5,10,13H,3-4,6-9,11,17H2,1-2H3. The largest absolute Gasteiger partial charge is 0.329 e. The first-order valence-electron chi connectivity index (χ1n) is 7.33. The van der Waals surface area contributed by atoms with Crippen molar-refractivity contribution >= 4 is 27.3 Å². The first-order valence-corrected chi connectivity index (χ1v) is 9.00. The molecule has 2 N–H and O–H groups in total. The molecule has 0 saturated carbocycles. The Morgan fingerprint density at radius 2 is 2.00 bits per heavy atom. The lowest BCUT2D eigenvalue weighted by Crippen LogP contribution is -2.43. The zero-order valence-electron chi connectivity index (χ0n) is 12.0. The molecule has 0 aromatic carbocycles. The number of nitrogens with two attached hydrogens (primary N) is 1. The average molecular weight is 345 g/mol. The van der Waals surface area contributed by atoms with Gasteiger partial charge in [0.25, 0.3) is 0 Å². The van der Waals surface area contributed by atoms with Gasteiger partial charge in [0.15, 0.2) is 0 Å². The highest BCUT2D eigenvalue weighted by Gasteiger charge is 2.34. The van der Waals surface area contributed by atoms with Crippen molar-refractivity contribution in [2.75, 3.05) is 19.6 Å². The predicted molar refractivity (Wildman–Crippen MR) is 87.6 cm³/mol. The van der Waals surface area contributed by atoms with Gasteiger partial charge in [0.2, 0.25) is 0 Å². The lowest BCUT2D eigenvalue weighted by Gasteiger charge is -2.43. The normalized spacial score (nSPS) is 21.5. The van der Waals surface area contributed by atoms with Gasteiger partial charge in [-0.1, -0.05) is 26.7 Å². The minimum atomic E-state index is 0.390. The van der Waals surface area contributed by atoms with Crippen molar-refractivity contribution < 1.29 is 0 Å². The Kier molecular flexibility index (Phi) is 5.46. The van der Waals surface area contributed by atoms with Gasteiger partial charge in [-0.05, 0) is 58.7 Å². The number of thiophene rings is 1. The molecule has 108 valence electrons. The molecule has 1 saturated heterocycles. The monoisotopic (exact) mass is 344 g/mol. The quantitative estimate of drug-likeness (QED) is 0.856. The van der Waals surface area contributed by atoms with Crippen LogP contribution in [0.3, 0.4) is 0 Å². The fraction of sp³-hybridized carbons (Fsp3) is 0.733. The highest BCUT2D eigenvalue weighted by atomic mass is 79.9. The van der Waals surface area contributed by atoms with E-state index in [0.717, 1.165) is 0 Å². The van der Waals surface area contributed by atoms with Crippen molar-refractivity contribution in [3.8, 4) is 0 Å². The molecule has 19 heavy (non-hydrogen) atoms. The molecule has 1 aliphatic heterocycles. The number of piperidine rings is 1. The van der Waals surface area contributed by atoms with E-state index in [1.165, 1.54) is 48.1 Å². The molecule has 0 radical (unpaired) electrons. The fourth-order valence-electron chi connectivity index (χ4n) is 3.23. The molecule has 1 fully saturated rings. The van der Waals surface area contributed by atoms with Crippen LogP contribution >= 0.6 is 27.3 Å². The van der Waals surface area contributed by atoms with Gasteiger partial charge in [-0.2, -0.15) is 0 Å². The summed E-state index contributed by atoms with van der Waals surface area (Å²) >= 11 is 5.47. The van der Waals surface area contributed by atoms with Crippen LogP contribution in [0.4, 0.5) is 0 Å². The van der Waals surface area contributed by atoms with Crippen LogP contribution in [0.2, 0.25) is 0 Å². The Labute approximate surface area is 129 Å². The SMILES string of the molecule is CCC1(CC)CCN(C(CN)c2sccc2Br)CC1. The Hall–Kier alpha value is 0.100. The van der Waals surface area contributed by atoms with E-state index < -0.39 is 0 Å². The van der Waals surface area contributed by atoms with Crippen molar-refractivity contribution in [2.24, 2.45) is 11.1 Å². The molecule has 1 aromatic rings. The van der Waals surface area contributed by atoms with Gasteiger partial charge in [-0.25, -0.2) is 0 Å². The summed E-state index contributed by atoms with van der Waals surface area (Å²) in [4.78, 5) is 3.98. The predicted octanol–water partition coefficient (Wildman–Crippen LogP) is 4.41. The number of likely N-dealkylation sites (tertiary alicyclic amines) is 1. The molecular formula is C15H25BrN2S. The number of hydrogen-bond acceptors (Lipinski definition) is 3. The average Bonchev–Trinajstić information content (AvgIpc) is 2.87. The van der Waals surface area contributed by atoms with E-state index >= 15 is 0 Å². The summed E-state index contributed by atoms with van der Waals surface area (Å²) in [5.74, 6) is 0. The third-order valence-electron chi connectivity index (χ3n) is 4.97. The lowest BCUT2D eigenvalue weighted by atomic mass is 9.74. The second-order valence-corrected chi connectivity index (χ2v) is 7.43. The molecule has 1 unspecified atom stereocenters. The van der Waals surface area contributed by atoms with Gasteiger partial charge in [-0.15, -0.1) is 11.3 Å². The molecular weight excluding hydrogens is 320 g/mol. The fourth-order valence-corrected chi connectivity index (χ4v) is 5.02. The molecule has 0 bridgehead atoms. The summed E-state index contributed by atoms with van der Waals surface area (Å²) in [6.07, 6.45) is 5.26. The summed E-state index contributed by atoms with van der Waals surface area (Å²) in [6, 6.07) is 2.52. The van der Waals surface area contributed by atoms with E-state index in [2.05, 4.69) is 46.1 Å². The summed E-state index contributed by atoms with van der Waals surface area (Å²) in [5, 5.41) is 2.15. The van der Waals surface area contributed by atoms with Crippen LogP contribution in [-0.2, 0) is 0 Å². The van der Waals surface area contributed by atoms with Crippen molar-refractivity contribution in [1.82, 2.24) is 4.90 Å². The van der Waals surface area contributed by atoms with E-state index in [1.54, 1.807) is 0 Å². The maximum absolute atomic E-state index is 6.04. The van der Waals surface area contributed by atoms with Crippen LogP contribution in [0.1, 0.15) is 50.4 Å². The minimum absolute atomic E-state index is 0.390. The van der Waals surface area contributed by atoms with Crippen LogP contribution in [0, 0.1) is 5.41 Å². The van der Waals surface area contributed by atoms with Crippen molar-refractivity contribution in [2.45, 2.75) is 45.6 Å². The molecule has 2 nitrogen and oxygen atoms in total. The summed E-state index contributed by atoms with van der Waals surface area (Å²) in [6.45, 7) is 7.77. The van der Waals surface area contributed by atoms with Gasteiger partial charge in [0.1, 0.15) is 0 Å². The first-order chi connectivity index (χ1) is 9.15. The second kappa shape index (κ2) is 6.70. The molecule has 4 heteroatoms. The number of halogens is 1. The zero-order valence-corrected chi connectivity index (χ0v) is 14.4. The van der Waals surface area contributed by atoms with Crippen LogP contribution in [-0.4, -0.2) is 24.5 Å². The number of nitrogens with zero attached hydrogens (tertiary/aromatic N) is 1. The van der Waals surface area contributed by atoms with Crippen LogP contribution < -0.4 is 5.73 Å². The van der Waals surface area contributed by atoms with Crippen molar-refractivity contribution in [3.63, 3.8) is 0 Å². The zero-order chi connectivity index (χ0) is 13.9. The minimum Gasteiger partial charge on any atom is -0.329 e. The summed E-state index contributed by atoms with van der Waals surface area (Å²) < 4.78 is 1.22. The molecule has 0 aliphatic carbocycles. The van der Waals surface area contributed by atoms with E-state index in [1.807, 2.05) is 11.3 Å². The molecule has 0 spiro atoms. The van der Waals surface area contributed by atoms with E-state index in [4.69, 9.17) is 5.73 Å². The first kappa shape index (κ1) is 15.5. The lowest BCUT2D eigenvalue weighted by molar-refractivity contribution is 0.0688. The maximum Gasteiger partial charge on any atom is 0.0575 e. The third kappa shape index (κ3) is 3.23. The Morgan fingerprint density at radius 3 is 2.42 bits per heavy atom. The maximum atomic E-state index is 6.04. The van der Waals surface area contributed by atoms with E-state index in [0.29, 0.717) is 18.0 Å². The van der Waals surface area contributed by atoms with E-state index in [9.17, 15) is 0 Å². The topological polar surface area (TPSA) is 29.3 Å². The number of hydrogen-bond donors (Lipinski definition) is 1. The third-order valence-corrected chi connectivity index (χ3v) is 6.94. The summed E-state index contributed by atoms with van der Waals surface area (Å²) in [7, 11) is 0. The van der Waals surface area contributed by atoms with Gasteiger partial charge >= 0.3 is 0 Å². The van der Waals surface area contributed by atoms with Crippen molar-refractivity contribution in [1.29, 1.82) is 0 Å². The van der Waals surface area contributed by atoms with Crippen LogP contribution in [0.5, 0.6) is 0 Å². The van der Waals surface area contributed by atoms with Crippen LogP contribution in [0.25, 0.3) is 0 Å². The van der Waals surface area contributed by atoms with Gasteiger partial charge in [0, 0.05) is 15.9 Å². The molecule has 1 atom stereocenters. The Morgan fingerprint density at radius 1 is 1.37 bits per heavy atom. The smallest absolute Gasteiger partial charge is 0.0575 e. The van der Waals surface area contributed by atoms with Gasteiger partial charge in [0.05, 0.1) is 6.04 Å². The Bertz CT molecular complexity index is 391. The van der Waals surface area contributed by atoms with Gasteiger partial charge in [-0.3, -0.25) is 4.90 Å². The molecule has 2 rings (SSSR count).